The van der Waals surface area contributed by atoms with Gasteiger partial charge < -0.3 is 22.1 Å². The molecule has 1 heterocycles. The first-order valence-corrected chi connectivity index (χ1v) is 3.84. The molecule has 0 amide bonds. The highest BCUT2D eigenvalue weighted by molar-refractivity contribution is 7.58. The molecule has 1 aliphatic rings. The Labute approximate surface area is 70.5 Å². The van der Waals surface area contributed by atoms with Gasteiger partial charge in [0, 0.05) is 0 Å². The topological polar surface area (TPSA) is 18.5 Å². The van der Waals surface area contributed by atoms with Crippen LogP contribution in [0.25, 0.3) is 0 Å². The molecular formula is C8H7O2S-. The molecule has 1 aromatic rings. The van der Waals surface area contributed by atoms with E-state index in [0.717, 1.165) is 16.4 Å². The Bertz CT molecular complexity index is 273. The summed E-state index contributed by atoms with van der Waals surface area (Å²) in [5.74, 6) is 1.56. The van der Waals surface area contributed by atoms with Gasteiger partial charge in [0.1, 0.15) is 13.2 Å². The molecule has 0 spiro atoms. The molecule has 0 fully saturated rings. The predicted molar refractivity (Wildman–Crippen MR) is 43.1 cm³/mol. The number of rotatable bonds is 0. The molecule has 3 heteroatoms. The SMILES string of the molecule is [S-]c1ccc2c(c1)OCCO2. The van der Waals surface area contributed by atoms with E-state index in [1.807, 2.05) is 18.2 Å². The van der Waals surface area contributed by atoms with Crippen molar-refractivity contribution in [3.05, 3.63) is 18.2 Å². The van der Waals surface area contributed by atoms with Gasteiger partial charge in [-0.25, -0.2) is 0 Å². The normalized spacial score (nSPS) is 14.5. The summed E-state index contributed by atoms with van der Waals surface area (Å²) < 4.78 is 10.6. The number of hydrogen-bond acceptors (Lipinski definition) is 3. The molecule has 0 aromatic heterocycles. The number of ether oxygens (including phenoxy) is 2. The fourth-order valence-corrected chi connectivity index (χ4v) is 1.20. The molecular weight excluding hydrogens is 160 g/mol. The Morgan fingerprint density at radius 1 is 1.09 bits per heavy atom. The number of benzene rings is 1. The maximum Gasteiger partial charge on any atom is 0.161 e. The van der Waals surface area contributed by atoms with E-state index in [1.165, 1.54) is 0 Å². The maximum atomic E-state index is 5.31. The Kier molecular flexibility index (Phi) is 1.58. The smallest absolute Gasteiger partial charge is 0.161 e. The maximum absolute atomic E-state index is 5.31. The Morgan fingerprint density at radius 2 is 1.82 bits per heavy atom. The van der Waals surface area contributed by atoms with Crippen molar-refractivity contribution in [2.24, 2.45) is 0 Å². The summed E-state index contributed by atoms with van der Waals surface area (Å²) in [5.41, 5.74) is 0. The molecule has 0 unspecified atom stereocenters. The van der Waals surface area contributed by atoms with Crippen LogP contribution < -0.4 is 9.47 Å². The molecule has 1 aromatic carbocycles. The van der Waals surface area contributed by atoms with Crippen molar-refractivity contribution < 1.29 is 9.47 Å². The average Bonchev–Trinajstić information content (AvgIpc) is 2.04. The van der Waals surface area contributed by atoms with Crippen molar-refractivity contribution >= 4 is 12.6 Å². The zero-order chi connectivity index (χ0) is 7.68. The first-order valence-electron chi connectivity index (χ1n) is 3.43. The zero-order valence-electron chi connectivity index (χ0n) is 5.87. The van der Waals surface area contributed by atoms with Crippen LogP contribution in [0.4, 0.5) is 0 Å². The van der Waals surface area contributed by atoms with Gasteiger partial charge in [-0.2, -0.15) is 4.90 Å². The molecule has 2 nitrogen and oxygen atoms in total. The summed E-state index contributed by atoms with van der Waals surface area (Å²) in [6.07, 6.45) is 0. The van der Waals surface area contributed by atoms with Crippen molar-refractivity contribution in [2.45, 2.75) is 4.90 Å². The lowest BCUT2D eigenvalue weighted by Crippen LogP contribution is -2.15. The summed E-state index contributed by atoms with van der Waals surface area (Å²) in [7, 11) is 0. The van der Waals surface area contributed by atoms with Gasteiger partial charge in [0.15, 0.2) is 11.5 Å². The quantitative estimate of drug-likeness (QED) is 0.544. The van der Waals surface area contributed by atoms with Crippen LogP contribution >= 0.6 is 0 Å². The predicted octanol–water partition coefficient (Wildman–Crippen LogP) is 1.36. The van der Waals surface area contributed by atoms with Crippen LogP contribution in [-0.2, 0) is 12.6 Å². The lowest BCUT2D eigenvalue weighted by atomic mass is 10.3. The Balaban J connectivity index is 2.43. The highest BCUT2D eigenvalue weighted by Crippen LogP contribution is 2.30. The molecule has 11 heavy (non-hydrogen) atoms. The van der Waals surface area contributed by atoms with E-state index in [9.17, 15) is 0 Å². The van der Waals surface area contributed by atoms with Gasteiger partial charge in [-0.1, -0.05) is 6.07 Å². The Hall–Kier alpha value is -0.960. The van der Waals surface area contributed by atoms with E-state index in [-0.39, 0.29) is 0 Å². The van der Waals surface area contributed by atoms with Gasteiger partial charge in [0.2, 0.25) is 0 Å². The molecule has 0 atom stereocenters. The van der Waals surface area contributed by atoms with Crippen LogP contribution in [0, 0.1) is 0 Å². The molecule has 58 valence electrons. The van der Waals surface area contributed by atoms with E-state index in [0.29, 0.717) is 13.2 Å². The third-order valence-corrected chi connectivity index (χ3v) is 1.77. The van der Waals surface area contributed by atoms with E-state index in [2.05, 4.69) is 0 Å². The summed E-state index contributed by atoms with van der Waals surface area (Å²) in [6.45, 7) is 1.25. The molecule has 0 aliphatic carbocycles. The molecule has 0 N–H and O–H groups in total. The zero-order valence-corrected chi connectivity index (χ0v) is 6.69. The number of hydrogen-bond donors (Lipinski definition) is 0. The molecule has 0 saturated carbocycles. The van der Waals surface area contributed by atoms with Crippen LogP contribution in [0.1, 0.15) is 0 Å². The fourth-order valence-electron chi connectivity index (χ4n) is 1.02. The van der Waals surface area contributed by atoms with Gasteiger partial charge >= 0.3 is 0 Å². The third kappa shape index (κ3) is 1.24. The molecule has 0 saturated heterocycles. The number of fused-ring (bicyclic) bond motifs is 1. The summed E-state index contributed by atoms with van der Waals surface area (Å²) in [5, 5.41) is 0. The van der Waals surface area contributed by atoms with E-state index < -0.39 is 0 Å². The largest absolute Gasteiger partial charge is 0.780 e. The van der Waals surface area contributed by atoms with Crippen molar-refractivity contribution in [1.29, 1.82) is 0 Å². The third-order valence-electron chi connectivity index (χ3n) is 1.51. The standard InChI is InChI=1S/C8H8O2S/c11-6-1-2-7-8(5-6)10-4-3-9-7/h1-2,5,11H,3-4H2/p-1. The lowest BCUT2D eigenvalue weighted by molar-refractivity contribution is 0.171. The van der Waals surface area contributed by atoms with Gasteiger partial charge in [-0.15, -0.1) is 0 Å². The second-order valence-electron chi connectivity index (χ2n) is 2.31. The summed E-state index contributed by atoms with van der Waals surface area (Å²) in [6, 6.07) is 5.49. The average molecular weight is 167 g/mol. The van der Waals surface area contributed by atoms with Crippen LogP contribution in [0.3, 0.4) is 0 Å². The highest BCUT2D eigenvalue weighted by Gasteiger charge is 2.08. The highest BCUT2D eigenvalue weighted by atomic mass is 32.1. The molecule has 0 bridgehead atoms. The van der Waals surface area contributed by atoms with Gasteiger partial charge in [-0.05, 0) is 12.1 Å². The van der Waals surface area contributed by atoms with Gasteiger partial charge in [0.25, 0.3) is 0 Å². The van der Waals surface area contributed by atoms with Crippen LogP contribution in [0.2, 0.25) is 0 Å². The minimum Gasteiger partial charge on any atom is -0.780 e. The minimum atomic E-state index is 0.617. The second kappa shape index (κ2) is 2.58. The van der Waals surface area contributed by atoms with Crippen molar-refractivity contribution in [3.63, 3.8) is 0 Å². The van der Waals surface area contributed by atoms with Crippen molar-refractivity contribution in [3.8, 4) is 11.5 Å². The minimum absolute atomic E-state index is 0.617. The molecule has 0 radical (unpaired) electrons. The molecule has 1 aliphatic heterocycles. The summed E-state index contributed by atoms with van der Waals surface area (Å²) >= 11 is 4.96. The van der Waals surface area contributed by atoms with E-state index >= 15 is 0 Å². The summed E-state index contributed by atoms with van der Waals surface area (Å²) in [4.78, 5) is 0.786. The van der Waals surface area contributed by atoms with E-state index in [1.54, 1.807) is 0 Å². The van der Waals surface area contributed by atoms with Gasteiger partial charge in [-0.3, -0.25) is 0 Å². The van der Waals surface area contributed by atoms with Crippen LogP contribution in [-0.4, -0.2) is 13.2 Å². The van der Waals surface area contributed by atoms with Crippen molar-refractivity contribution in [2.75, 3.05) is 13.2 Å². The second-order valence-corrected chi connectivity index (χ2v) is 2.78. The van der Waals surface area contributed by atoms with Crippen molar-refractivity contribution in [1.82, 2.24) is 0 Å². The fraction of sp³-hybridized carbons (Fsp3) is 0.250. The first-order chi connectivity index (χ1) is 5.36. The Morgan fingerprint density at radius 3 is 2.64 bits per heavy atom. The van der Waals surface area contributed by atoms with Crippen LogP contribution in [0.5, 0.6) is 11.5 Å². The first kappa shape index (κ1) is 6.73. The van der Waals surface area contributed by atoms with E-state index in [4.69, 9.17) is 22.1 Å². The monoisotopic (exact) mass is 167 g/mol. The van der Waals surface area contributed by atoms with Crippen LogP contribution in [0.15, 0.2) is 23.1 Å². The lowest BCUT2D eigenvalue weighted by Gasteiger charge is -2.19. The molecule has 2 rings (SSSR count). The van der Waals surface area contributed by atoms with Gasteiger partial charge in [0.05, 0.1) is 0 Å².